The molecule has 0 aliphatic carbocycles. The molecule has 2 saturated heterocycles. The Balaban J connectivity index is 1.57. The normalized spacial score (nSPS) is 30.9. The molecule has 1 spiro atoms. The van der Waals surface area contributed by atoms with Crippen LogP contribution in [0.25, 0.3) is 0 Å². The number of carbonyl (C=O) groups is 3. The Kier molecular flexibility index (Phi) is 7.44. The number of aliphatic hydroxyl groups is 1. The van der Waals surface area contributed by atoms with Gasteiger partial charge in [0.05, 0.1) is 27.3 Å². The van der Waals surface area contributed by atoms with E-state index >= 15 is 0 Å². The molecule has 2 fully saturated rings. The first-order chi connectivity index (χ1) is 17.8. The van der Waals surface area contributed by atoms with Crippen molar-refractivity contribution in [1.82, 2.24) is 9.80 Å². The topological polar surface area (TPSA) is 81.2 Å². The van der Waals surface area contributed by atoms with Gasteiger partial charge in [-0.3, -0.25) is 14.4 Å². The van der Waals surface area contributed by atoms with Gasteiger partial charge in [-0.05, 0) is 31.4 Å². The highest BCUT2D eigenvalue weighted by Crippen LogP contribution is 2.61. The largest absolute Gasteiger partial charge is 0.396 e. The number of aliphatic hydroxyl groups excluding tert-OH is 1. The van der Waals surface area contributed by atoms with E-state index in [1.807, 2.05) is 43.4 Å². The summed E-state index contributed by atoms with van der Waals surface area (Å²) in [5.41, 5.74) is 1.56. The van der Waals surface area contributed by atoms with E-state index in [0.717, 1.165) is 31.2 Å². The minimum atomic E-state index is -0.823. The van der Waals surface area contributed by atoms with Crippen molar-refractivity contribution in [1.29, 1.82) is 0 Å². The van der Waals surface area contributed by atoms with Gasteiger partial charge in [-0.15, -0.1) is 11.8 Å². The highest BCUT2D eigenvalue weighted by molar-refractivity contribution is 8.02. The van der Waals surface area contributed by atoms with Crippen LogP contribution < -0.4 is 4.90 Å². The van der Waals surface area contributed by atoms with Crippen molar-refractivity contribution in [3.63, 3.8) is 0 Å². The van der Waals surface area contributed by atoms with Crippen LogP contribution in [0, 0.1) is 18.8 Å². The van der Waals surface area contributed by atoms with Gasteiger partial charge in [0.15, 0.2) is 0 Å². The molecule has 1 aromatic rings. The van der Waals surface area contributed by atoms with Crippen molar-refractivity contribution in [2.75, 3.05) is 38.2 Å². The third-order valence-electron chi connectivity index (χ3n) is 8.13. The zero-order valence-electron chi connectivity index (χ0n) is 21.3. The van der Waals surface area contributed by atoms with Crippen molar-refractivity contribution < 1.29 is 19.5 Å². The average molecular weight is 544 g/mol. The summed E-state index contributed by atoms with van der Waals surface area (Å²) in [6.45, 7) is 3.40. The number of hydrogen-bond acceptors (Lipinski definition) is 5. The number of nitrogens with zero attached hydrogens (tertiary/aromatic N) is 3. The third kappa shape index (κ3) is 4.31. The minimum absolute atomic E-state index is 0.0369. The van der Waals surface area contributed by atoms with Crippen molar-refractivity contribution in [2.24, 2.45) is 11.8 Å². The molecule has 9 heteroatoms. The van der Waals surface area contributed by atoms with Crippen molar-refractivity contribution >= 4 is 46.8 Å². The SMILES string of the molecule is Cc1cccc(Cl)c1N1CC=C[C@]23S[C@@H]4C=CCN(C)C(=O)[C@@H]4[C@H]2C(=O)N(CCCCCCO)C3C1=O. The number of anilines is 1. The Hall–Kier alpha value is -2.29. The van der Waals surface area contributed by atoms with Crippen LogP contribution in [0.15, 0.2) is 42.5 Å². The zero-order valence-corrected chi connectivity index (χ0v) is 22.9. The zero-order chi connectivity index (χ0) is 26.3. The molecule has 0 aromatic heterocycles. The second-order valence-electron chi connectivity index (χ2n) is 10.4. The quantitative estimate of drug-likeness (QED) is 0.421. The number of amides is 3. The van der Waals surface area contributed by atoms with Crippen molar-refractivity contribution in [3.8, 4) is 0 Å². The molecule has 5 atom stereocenters. The van der Waals surface area contributed by atoms with Crippen LogP contribution in [0.5, 0.6) is 0 Å². The Bertz CT molecular complexity index is 1140. The van der Waals surface area contributed by atoms with Crippen LogP contribution in [-0.2, 0) is 14.4 Å². The second-order valence-corrected chi connectivity index (χ2v) is 12.3. The van der Waals surface area contributed by atoms with Gasteiger partial charge in [-0.2, -0.15) is 0 Å². The maximum atomic E-state index is 14.5. The molecule has 1 unspecified atom stereocenters. The lowest BCUT2D eigenvalue weighted by Gasteiger charge is -2.35. The number of hydrogen-bond donors (Lipinski definition) is 1. The maximum absolute atomic E-state index is 14.5. The van der Waals surface area contributed by atoms with Crippen molar-refractivity contribution in [3.05, 3.63) is 53.1 Å². The van der Waals surface area contributed by atoms with E-state index in [4.69, 9.17) is 16.7 Å². The molecule has 37 heavy (non-hydrogen) atoms. The van der Waals surface area contributed by atoms with Crippen molar-refractivity contribution in [2.45, 2.75) is 48.6 Å². The van der Waals surface area contributed by atoms with Crippen LogP contribution in [0.1, 0.15) is 31.2 Å². The number of halogens is 1. The fraction of sp³-hybridized carbons (Fsp3) is 0.536. The second kappa shape index (κ2) is 10.5. The smallest absolute Gasteiger partial charge is 0.251 e. The summed E-state index contributed by atoms with van der Waals surface area (Å²) in [5, 5.41) is 9.47. The monoisotopic (exact) mass is 543 g/mol. The van der Waals surface area contributed by atoms with Crippen LogP contribution in [-0.4, -0.2) is 82.0 Å². The Morgan fingerprint density at radius 2 is 1.84 bits per heavy atom. The lowest BCUT2D eigenvalue weighted by Crippen LogP contribution is -2.53. The lowest BCUT2D eigenvalue weighted by molar-refractivity contribution is -0.142. The Morgan fingerprint density at radius 1 is 1.05 bits per heavy atom. The number of thioether (sulfide) groups is 1. The predicted molar refractivity (Wildman–Crippen MR) is 147 cm³/mol. The van der Waals surface area contributed by atoms with E-state index in [1.54, 1.807) is 39.6 Å². The Labute approximate surface area is 227 Å². The van der Waals surface area contributed by atoms with Crippen LogP contribution in [0.4, 0.5) is 5.69 Å². The highest BCUT2D eigenvalue weighted by Gasteiger charge is 2.70. The Morgan fingerprint density at radius 3 is 2.59 bits per heavy atom. The highest BCUT2D eigenvalue weighted by atomic mass is 35.5. The lowest BCUT2D eigenvalue weighted by atomic mass is 9.78. The molecule has 4 aliphatic rings. The standard InChI is InChI=1S/C28H34ClN3O4S/c1-18-10-7-11-19(29)23(18)31-16-9-13-28-22(21-20(37-28)12-8-14-30(2)25(21)34)26(35)32(24(28)27(31)36)15-5-3-4-6-17-33/h7-13,20-22,24,33H,3-6,14-17H2,1-2H3/t20-,21+,22+,24?,28+/m1/s1. The molecule has 0 saturated carbocycles. The minimum Gasteiger partial charge on any atom is -0.396 e. The van der Waals surface area contributed by atoms with E-state index in [-0.39, 0.29) is 29.6 Å². The molecule has 0 radical (unpaired) electrons. The third-order valence-corrected chi connectivity index (χ3v) is 10.2. The molecular formula is C28H34ClN3O4S. The summed E-state index contributed by atoms with van der Waals surface area (Å²) in [5.74, 6) is -1.41. The van der Waals surface area contributed by atoms with E-state index in [1.165, 1.54) is 0 Å². The summed E-state index contributed by atoms with van der Waals surface area (Å²) in [6.07, 6.45) is 11.2. The predicted octanol–water partition coefficient (Wildman–Crippen LogP) is 3.43. The summed E-state index contributed by atoms with van der Waals surface area (Å²) < 4.78 is -0.823. The first-order valence-electron chi connectivity index (χ1n) is 13.1. The number of likely N-dealkylation sites (tertiary alicyclic amines) is 1. The molecule has 7 nitrogen and oxygen atoms in total. The molecule has 5 rings (SSSR count). The molecule has 1 aromatic carbocycles. The fourth-order valence-electron chi connectivity index (χ4n) is 6.42. The van der Waals surface area contributed by atoms with Gasteiger partial charge in [0, 0.05) is 38.5 Å². The maximum Gasteiger partial charge on any atom is 0.251 e. The molecule has 4 aliphatic heterocycles. The van der Waals surface area contributed by atoms with E-state index in [2.05, 4.69) is 0 Å². The fourth-order valence-corrected chi connectivity index (χ4v) is 8.75. The molecular weight excluding hydrogens is 510 g/mol. The number of benzene rings is 1. The van der Waals surface area contributed by atoms with Gasteiger partial charge in [0.25, 0.3) is 5.91 Å². The van der Waals surface area contributed by atoms with E-state index in [0.29, 0.717) is 30.3 Å². The van der Waals surface area contributed by atoms with E-state index < -0.39 is 22.6 Å². The van der Waals surface area contributed by atoms with E-state index in [9.17, 15) is 14.4 Å². The molecule has 4 heterocycles. The average Bonchev–Trinajstić information content (AvgIpc) is 3.19. The first-order valence-corrected chi connectivity index (χ1v) is 14.3. The van der Waals surface area contributed by atoms with Gasteiger partial charge >= 0.3 is 0 Å². The number of para-hydroxylation sites is 1. The van der Waals surface area contributed by atoms with Crippen LogP contribution in [0.3, 0.4) is 0 Å². The first kappa shape index (κ1) is 26.3. The summed E-state index contributed by atoms with van der Waals surface area (Å²) in [4.78, 5) is 47.3. The van der Waals surface area contributed by atoms with Gasteiger partial charge in [0.1, 0.15) is 6.04 Å². The van der Waals surface area contributed by atoms with Gasteiger partial charge < -0.3 is 19.8 Å². The number of fused-ring (bicyclic) bond motifs is 2. The molecule has 0 bridgehead atoms. The number of likely N-dealkylation sites (N-methyl/N-ethyl adjacent to an activating group) is 1. The van der Waals surface area contributed by atoms with Gasteiger partial charge in [0.2, 0.25) is 11.8 Å². The number of aryl methyl sites for hydroxylation is 1. The summed E-state index contributed by atoms with van der Waals surface area (Å²) in [6, 6.07) is 4.86. The molecule has 3 amide bonds. The van der Waals surface area contributed by atoms with Crippen LogP contribution in [0.2, 0.25) is 5.02 Å². The van der Waals surface area contributed by atoms with Gasteiger partial charge in [-0.25, -0.2) is 0 Å². The number of unbranched alkanes of at least 4 members (excludes halogenated alkanes) is 3. The molecule has 198 valence electrons. The summed E-state index contributed by atoms with van der Waals surface area (Å²) in [7, 11) is 1.77. The van der Waals surface area contributed by atoms with Gasteiger partial charge in [-0.1, -0.05) is 60.9 Å². The number of rotatable bonds is 7. The number of carbonyl (C=O) groups excluding carboxylic acids is 3. The van der Waals surface area contributed by atoms with Crippen LogP contribution >= 0.6 is 23.4 Å². The summed E-state index contributed by atoms with van der Waals surface area (Å²) >= 11 is 8.20. The molecule has 1 N–H and O–H groups in total.